The van der Waals surface area contributed by atoms with E-state index in [1.54, 1.807) is 0 Å². The van der Waals surface area contributed by atoms with E-state index < -0.39 is 12.1 Å². The molecular formula is C18H30O3. The van der Waals surface area contributed by atoms with Crippen LogP contribution < -0.4 is 0 Å². The number of aliphatic hydroxyl groups excluding tert-OH is 1. The quantitative estimate of drug-likeness (QED) is 0.296. The molecule has 2 N–H and O–H groups in total. The SMILES string of the molecule is CC/C=C\C[C@H](O)/C=C/C=C\CCCCCCCC(=O)O. The van der Waals surface area contributed by atoms with Crippen LogP contribution in [0.15, 0.2) is 36.5 Å². The molecule has 120 valence electrons. The summed E-state index contributed by atoms with van der Waals surface area (Å²) in [4.78, 5) is 10.3. The van der Waals surface area contributed by atoms with E-state index in [4.69, 9.17) is 5.11 Å². The van der Waals surface area contributed by atoms with Gasteiger partial charge in [-0.3, -0.25) is 4.79 Å². The van der Waals surface area contributed by atoms with E-state index in [2.05, 4.69) is 19.1 Å². The first-order valence-corrected chi connectivity index (χ1v) is 8.05. The second-order valence-corrected chi connectivity index (χ2v) is 5.20. The van der Waals surface area contributed by atoms with Gasteiger partial charge in [-0.1, -0.05) is 62.6 Å². The second-order valence-electron chi connectivity index (χ2n) is 5.20. The third-order valence-corrected chi connectivity index (χ3v) is 3.12. The Balaban J connectivity index is 3.43. The highest BCUT2D eigenvalue weighted by Gasteiger charge is 1.96. The van der Waals surface area contributed by atoms with E-state index in [1.807, 2.05) is 24.3 Å². The summed E-state index contributed by atoms with van der Waals surface area (Å²) in [6.07, 6.45) is 19.7. The Bertz CT molecular complexity index is 329. The van der Waals surface area contributed by atoms with E-state index in [0.717, 1.165) is 44.9 Å². The van der Waals surface area contributed by atoms with Crippen molar-refractivity contribution in [2.24, 2.45) is 0 Å². The Morgan fingerprint density at radius 1 is 1.00 bits per heavy atom. The number of allylic oxidation sites excluding steroid dienone is 4. The fraction of sp³-hybridized carbons (Fsp3) is 0.611. The molecule has 0 aromatic carbocycles. The third kappa shape index (κ3) is 16.6. The molecule has 0 radical (unpaired) electrons. The Kier molecular flexibility index (Phi) is 14.1. The van der Waals surface area contributed by atoms with Crippen LogP contribution >= 0.6 is 0 Å². The summed E-state index contributed by atoms with van der Waals surface area (Å²) in [5, 5.41) is 18.1. The van der Waals surface area contributed by atoms with Crippen LogP contribution in [-0.4, -0.2) is 22.3 Å². The van der Waals surface area contributed by atoms with Gasteiger partial charge in [-0.15, -0.1) is 0 Å². The highest BCUT2D eigenvalue weighted by atomic mass is 16.4. The third-order valence-electron chi connectivity index (χ3n) is 3.12. The summed E-state index contributed by atoms with van der Waals surface area (Å²) >= 11 is 0. The van der Waals surface area contributed by atoms with Crippen molar-refractivity contribution in [3.63, 3.8) is 0 Å². The van der Waals surface area contributed by atoms with Gasteiger partial charge in [-0.05, 0) is 32.1 Å². The number of unbranched alkanes of at least 4 members (excludes halogenated alkanes) is 5. The molecule has 0 aromatic heterocycles. The van der Waals surface area contributed by atoms with Gasteiger partial charge in [0.2, 0.25) is 0 Å². The maximum absolute atomic E-state index is 10.3. The number of aliphatic carboxylic acids is 1. The van der Waals surface area contributed by atoms with Gasteiger partial charge in [0.25, 0.3) is 0 Å². The molecule has 0 aromatic rings. The van der Waals surface area contributed by atoms with Crippen LogP contribution in [0.3, 0.4) is 0 Å². The lowest BCUT2D eigenvalue weighted by atomic mass is 10.1. The monoisotopic (exact) mass is 294 g/mol. The highest BCUT2D eigenvalue weighted by Crippen LogP contribution is 2.07. The minimum Gasteiger partial charge on any atom is -0.481 e. The molecule has 0 aliphatic carbocycles. The van der Waals surface area contributed by atoms with Crippen molar-refractivity contribution in [1.82, 2.24) is 0 Å². The fourth-order valence-corrected chi connectivity index (χ4v) is 1.92. The highest BCUT2D eigenvalue weighted by molar-refractivity contribution is 5.66. The van der Waals surface area contributed by atoms with Crippen LogP contribution in [0.2, 0.25) is 0 Å². The Morgan fingerprint density at radius 2 is 1.71 bits per heavy atom. The van der Waals surface area contributed by atoms with Gasteiger partial charge in [0.15, 0.2) is 0 Å². The normalized spacial score (nSPS) is 13.6. The predicted octanol–water partition coefficient (Wildman–Crippen LogP) is 4.63. The van der Waals surface area contributed by atoms with Crippen LogP contribution in [0.1, 0.15) is 64.7 Å². The number of carboxylic acids is 1. The average Bonchev–Trinajstić information content (AvgIpc) is 2.44. The maximum Gasteiger partial charge on any atom is 0.303 e. The minimum absolute atomic E-state index is 0.292. The zero-order valence-electron chi connectivity index (χ0n) is 13.2. The number of carboxylic acid groups (broad SMARTS) is 1. The number of carbonyl (C=O) groups is 1. The van der Waals surface area contributed by atoms with Gasteiger partial charge in [-0.2, -0.15) is 0 Å². The molecule has 0 aliphatic rings. The van der Waals surface area contributed by atoms with Gasteiger partial charge in [0, 0.05) is 6.42 Å². The minimum atomic E-state index is -0.697. The van der Waals surface area contributed by atoms with Crippen LogP contribution in [0, 0.1) is 0 Å². The van der Waals surface area contributed by atoms with Crippen molar-refractivity contribution in [2.75, 3.05) is 0 Å². The Labute approximate surface area is 129 Å². The second kappa shape index (κ2) is 15.0. The molecular weight excluding hydrogens is 264 g/mol. The summed E-state index contributed by atoms with van der Waals surface area (Å²) in [6, 6.07) is 0. The van der Waals surface area contributed by atoms with Gasteiger partial charge >= 0.3 is 5.97 Å². The van der Waals surface area contributed by atoms with Crippen molar-refractivity contribution in [2.45, 2.75) is 70.8 Å². The van der Waals surface area contributed by atoms with Crippen molar-refractivity contribution in [3.8, 4) is 0 Å². The number of hydrogen-bond acceptors (Lipinski definition) is 2. The average molecular weight is 294 g/mol. The lowest BCUT2D eigenvalue weighted by Gasteiger charge is -1.99. The molecule has 21 heavy (non-hydrogen) atoms. The van der Waals surface area contributed by atoms with E-state index in [9.17, 15) is 9.90 Å². The summed E-state index contributed by atoms with van der Waals surface area (Å²) in [6.45, 7) is 2.08. The molecule has 0 saturated heterocycles. The van der Waals surface area contributed by atoms with Crippen LogP contribution in [0.5, 0.6) is 0 Å². The summed E-state index contributed by atoms with van der Waals surface area (Å²) in [7, 11) is 0. The van der Waals surface area contributed by atoms with Crippen molar-refractivity contribution in [3.05, 3.63) is 36.5 Å². The first-order valence-electron chi connectivity index (χ1n) is 8.05. The molecule has 0 saturated carbocycles. The molecule has 3 nitrogen and oxygen atoms in total. The molecule has 0 fully saturated rings. The summed E-state index contributed by atoms with van der Waals surface area (Å²) < 4.78 is 0. The zero-order valence-corrected chi connectivity index (χ0v) is 13.2. The topological polar surface area (TPSA) is 57.5 Å². The van der Waals surface area contributed by atoms with Gasteiger partial charge in [0.05, 0.1) is 6.10 Å². The zero-order chi connectivity index (χ0) is 15.8. The van der Waals surface area contributed by atoms with Crippen LogP contribution in [0.4, 0.5) is 0 Å². The molecule has 0 aliphatic heterocycles. The lowest BCUT2D eigenvalue weighted by molar-refractivity contribution is -0.137. The van der Waals surface area contributed by atoms with E-state index in [0.29, 0.717) is 12.8 Å². The number of rotatable bonds is 13. The van der Waals surface area contributed by atoms with E-state index in [-0.39, 0.29) is 0 Å². The molecule has 0 bridgehead atoms. The van der Waals surface area contributed by atoms with Gasteiger partial charge in [0.1, 0.15) is 0 Å². The van der Waals surface area contributed by atoms with E-state index >= 15 is 0 Å². The molecule has 0 unspecified atom stereocenters. The number of hydrogen-bond donors (Lipinski definition) is 2. The number of aliphatic hydroxyl groups is 1. The van der Waals surface area contributed by atoms with Gasteiger partial charge < -0.3 is 10.2 Å². The largest absolute Gasteiger partial charge is 0.481 e. The van der Waals surface area contributed by atoms with Gasteiger partial charge in [-0.25, -0.2) is 0 Å². The van der Waals surface area contributed by atoms with Crippen molar-refractivity contribution < 1.29 is 15.0 Å². The standard InChI is InChI=1S/C18H30O3/c1-2-3-11-14-17(19)15-12-9-7-5-4-6-8-10-13-16-18(20)21/h3,7,9,11-12,15,17,19H,2,4-6,8,10,13-14,16H2,1H3,(H,20,21)/b9-7-,11-3-,15-12+/t17-/m0/s1. The Hall–Kier alpha value is -1.35. The molecule has 3 heteroatoms. The molecule has 0 spiro atoms. The Morgan fingerprint density at radius 3 is 2.43 bits per heavy atom. The fourth-order valence-electron chi connectivity index (χ4n) is 1.92. The van der Waals surface area contributed by atoms with Crippen LogP contribution in [0.25, 0.3) is 0 Å². The lowest BCUT2D eigenvalue weighted by Crippen LogP contribution is -1.98. The smallest absolute Gasteiger partial charge is 0.303 e. The first-order chi connectivity index (χ1) is 10.2. The molecule has 0 amide bonds. The summed E-state index contributed by atoms with van der Waals surface area (Å²) in [5.41, 5.74) is 0. The predicted molar refractivity (Wildman–Crippen MR) is 88.3 cm³/mol. The molecule has 1 atom stereocenters. The first kappa shape index (κ1) is 19.7. The van der Waals surface area contributed by atoms with E-state index in [1.165, 1.54) is 0 Å². The van der Waals surface area contributed by atoms with Crippen molar-refractivity contribution >= 4 is 5.97 Å². The molecule has 0 rings (SSSR count). The maximum atomic E-state index is 10.3. The summed E-state index contributed by atoms with van der Waals surface area (Å²) in [5.74, 6) is -0.697. The van der Waals surface area contributed by atoms with Crippen LogP contribution in [-0.2, 0) is 4.79 Å². The van der Waals surface area contributed by atoms with Crippen molar-refractivity contribution in [1.29, 1.82) is 0 Å². The molecule has 0 heterocycles.